The van der Waals surface area contributed by atoms with E-state index in [0.717, 1.165) is 4.31 Å². The van der Waals surface area contributed by atoms with Crippen LogP contribution in [-0.2, 0) is 28.7 Å². The summed E-state index contributed by atoms with van der Waals surface area (Å²) < 4.78 is 47.5. The highest BCUT2D eigenvalue weighted by molar-refractivity contribution is 7.84. The Morgan fingerprint density at radius 3 is 1.97 bits per heavy atom. The van der Waals surface area contributed by atoms with Crippen LogP contribution >= 0.6 is 0 Å². The second kappa shape index (κ2) is 7.17. The average Bonchev–Trinajstić information content (AvgIpc) is 3.51. The van der Waals surface area contributed by atoms with Crippen LogP contribution < -0.4 is 0 Å². The van der Waals surface area contributed by atoms with Crippen LogP contribution in [-0.4, -0.2) is 61.9 Å². The van der Waals surface area contributed by atoms with Crippen molar-refractivity contribution in [3.05, 3.63) is 71.8 Å². The fourth-order valence-corrected chi connectivity index (χ4v) is 5.08. The summed E-state index contributed by atoms with van der Waals surface area (Å²) in [7, 11) is -4.02. The second-order valence-corrected chi connectivity index (χ2v) is 8.61. The van der Waals surface area contributed by atoms with Gasteiger partial charge in [0.1, 0.15) is 18.4 Å². The first-order chi connectivity index (χ1) is 14.5. The van der Waals surface area contributed by atoms with Crippen LogP contribution in [0.15, 0.2) is 60.7 Å². The molecule has 0 saturated carbocycles. The number of carbonyl (C=O) groups is 2. The number of hydrogen-bond donors (Lipinski definition) is 0. The van der Waals surface area contributed by atoms with Crippen LogP contribution in [0.25, 0.3) is 0 Å². The smallest absolute Gasteiger partial charge is 0.341 e. The van der Waals surface area contributed by atoms with E-state index < -0.39 is 52.8 Å². The first-order valence-corrected chi connectivity index (χ1v) is 10.7. The Balaban J connectivity index is 1.44. The lowest BCUT2D eigenvalue weighted by molar-refractivity contribution is -0.143. The minimum Gasteiger partial charge on any atom is -0.453 e. The van der Waals surface area contributed by atoms with E-state index in [1.165, 1.54) is 0 Å². The van der Waals surface area contributed by atoms with Gasteiger partial charge in [0.2, 0.25) is 0 Å². The van der Waals surface area contributed by atoms with Crippen LogP contribution in [0.4, 0.5) is 0 Å². The Kier molecular flexibility index (Phi) is 4.58. The summed E-state index contributed by atoms with van der Waals surface area (Å²) in [6, 6.07) is 15.8. The molecule has 156 valence electrons. The zero-order chi connectivity index (χ0) is 20.9. The standard InChI is InChI=1S/C20H17NO8S/c22-19(12-7-3-1-4-8-12)28-16-14-11-26-30(24,25)21-15(18(21)27-14)17(16)29-20(23)13-9-5-2-6-10-13/h1-10,14-18H,11H2/t14-,15+,16+,17-,18-,21?/m1/s1. The molecule has 9 nitrogen and oxygen atoms in total. The summed E-state index contributed by atoms with van der Waals surface area (Å²) in [4.78, 5) is 25.3. The largest absolute Gasteiger partial charge is 0.453 e. The van der Waals surface area contributed by atoms with Crippen LogP contribution in [0.5, 0.6) is 0 Å². The number of fused-ring (bicyclic) bond motifs is 2. The van der Waals surface area contributed by atoms with Crippen LogP contribution in [0.3, 0.4) is 0 Å². The van der Waals surface area contributed by atoms with Gasteiger partial charge in [0.15, 0.2) is 12.2 Å². The lowest BCUT2D eigenvalue weighted by atomic mass is 10.0. The molecule has 30 heavy (non-hydrogen) atoms. The van der Waals surface area contributed by atoms with Crippen molar-refractivity contribution in [1.29, 1.82) is 0 Å². The van der Waals surface area contributed by atoms with E-state index >= 15 is 0 Å². The maximum Gasteiger partial charge on any atom is 0.341 e. The first-order valence-electron chi connectivity index (χ1n) is 9.31. The topological polar surface area (TPSA) is 108 Å². The molecule has 0 spiro atoms. The van der Waals surface area contributed by atoms with E-state index in [0.29, 0.717) is 11.1 Å². The molecule has 2 aromatic rings. The van der Waals surface area contributed by atoms with Gasteiger partial charge in [-0.15, -0.1) is 4.31 Å². The van der Waals surface area contributed by atoms with Crippen LogP contribution in [0.1, 0.15) is 20.7 Å². The number of esters is 2. The van der Waals surface area contributed by atoms with Crippen molar-refractivity contribution < 1.29 is 36.4 Å². The number of ether oxygens (including phenoxy) is 3. The Labute approximate surface area is 172 Å². The van der Waals surface area contributed by atoms with Crippen LogP contribution in [0.2, 0.25) is 0 Å². The Morgan fingerprint density at radius 2 is 1.40 bits per heavy atom. The lowest BCUT2D eigenvalue weighted by Crippen LogP contribution is -2.54. The maximum absolute atomic E-state index is 12.7. The Bertz CT molecular complexity index is 1070. The predicted molar refractivity (Wildman–Crippen MR) is 100 cm³/mol. The van der Waals surface area contributed by atoms with E-state index in [4.69, 9.17) is 18.4 Å². The fourth-order valence-electron chi connectivity index (χ4n) is 3.75. The highest BCUT2D eigenvalue weighted by Gasteiger charge is 2.71. The molecule has 0 aromatic heterocycles. The highest BCUT2D eigenvalue weighted by atomic mass is 32.2. The number of rotatable bonds is 4. The average molecular weight is 431 g/mol. The molecule has 3 saturated heterocycles. The molecule has 10 heteroatoms. The molecule has 5 rings (SSSR count). The van der Waals surface area contributed by atoms with E-state index in [1.54, 1.807) is 60.7 Å². The Hall–Kier alpha value is -2.79. The number of nitrogens with zero attached hydrogens (tertiary/aromatic N) is 1. The van der Waals surface area contributed by atoms with Gasteiger partial charge in [0, 0.05) is 0 Å². The van der Waals surface area contributed by atoms with E-state index in [1.807, 2.05) is 0 Å². The zero-order valence-corrected chi connectivity index (χ0v) is 16.3. The van der Waals surface area contributed by atoms with E-state index in [9.17, 15) is 18.0 Å². The van der Waals surface area contributed by atoms with Gasteiger partial charge in [-0.1, -0.05) is 36.4 Å². The third-order valence-electron chi connectivity index (χ3n) is 5.23. The van der Waals surface area contributed by atoms with E-state index in [-0.39, 0.29) is 6.61 Å². The fraction of sp³-hybridized carbons (Fsp3) is 0.300. The molecular formula is C20H17NO8S. The van der Waals surface area contributed by atoms with E-state index in [2.05, 4.69) is 0 Å². The van der Waals surface area contributed by atoms with Gasteiger partial charge in [-0.3, -0.25) is 4.18 Å². The molecule has 2 bridgehead atoms. The van der Waals surface area contributed by atoms with Crippen molar-refractivity contribution >= 4 is 22.2 Å². The molecule has 2 aromatic carbocycles. The monoisotopic (exact) mass is 431 g/mol. The zero-order valence-electron chi connectivity index (χ0n) is 15.5. The predicted octanol–water partition coefficient (Wildman–Crippen LogP) is 1.12. The van der Waals surface area contributed by atoms with Gasteiger partial charge < -0.3 is 14.2 Å². The number of benzene rings is 2. The summed E-state index contributed by atoms with van der Waals surface area (Å²) in [5.41, 5.74) is 0.610. The van der Waals surface area contributed by atoms with Gasteiger partial charge in [-0.2, -0.15) is 8.42 Å². The highest BCUT2D eigenvalue weighted by Crippen LogP contribution is 2.47. The molecule has 6 atom stereocenters. The Morgan fingerprint density at radius 1 is 0.867 bits per heavy atom. The molecule has 3 aliphatic heterocycles. The second-order valence-electron chi connectivity index (χ2n) is 7.10. The van der Waals surface area contributed by atoms with Gasteiger partial charge in [-0.05, 0) is 24.3 Å². The van der Waals surface area contributed by atoms with Crippen molar-refractivity contribution in [2.24, 2.45) is 0 Å². The van der Waals surface area contributed by atoms with Crippen molar-refractivity contribution in [1.82, 2.24) is 4.31 Å². The number of carbonyl (C=O) groups excluding carboxylic acids is 2. The molecule has 0 aliphatic carbocycles. The van der Waals surface area contributed by atoms with Crippen molar-refractivity contribution in [3.63, 3.8) is 0 Å². The normalized spacial score (nSPS) is 33.1. The molecular weight excluding hydrogens is 414 g/mol. The lowest BCUT2D eigenvalue weighted by Gasteiger charge is -2.35. The minimum absolute atomic E-state index is 0.300. The van der Waals surface area contributed by atoms with Crippen LogP contribution in [0, 0.1) is 0 Å². The molecule has 0 radical (unpaired) electrons. The molecule has 3 heterocycles. The molecule has 3 fully saturated rings. The summed E-state index contributed by atoms with van der Waals surface area (Å²) in [5, 5.41) is 0. The summed E-state index contributed by atoms with van der Waals surface area (Å²) in [6.45, 7) is -0.353. The van der Waals surface area contributed by atoms with Crippen molar-refractivity contribution in [2.45, 2.75) is 30.6 Å². The third kappa shape index (κ3) is 3.27. The van der Waals surface area contributed by atoms with Crippen molar-refractivity contribution in [3.8, 4) is 0 Å². The summed E-state index contributed by atoms with van der Waals surface area (Å²) in [5.74, 6) is -1.28. The number of hydrogen-bond acceptors (Lipinski definition) is 8. The van der Waals surface area contributed by atoms with Gasteiger partial charge in [-0.25, -0.2) is 9.59 Å². The van der Waals surface area contributed by atoms with Gasteiger partial charge >= 0.3 is 22.2 Å². The quantitative estimate of drug-likeness (QED) is 0.524. The van der Waals surface area contributed by atoms with Gasteiger partial charge in [0.25, 0.3) is 0 Å². The first kappa shape index (κ1) is 19.2. The maximum atomic E-state index is 12.7. The minimum atomic E-state index is -4.02. The molecule has 0 amide bonds. The molecule has 0 N–H and O–H groups in total. The van der Waals surface area contributed by atoms with Crippen molar-refractivity contribution in [2.75, 3.05) is 6.61 Å². The summed E-state index contributed by atoms with van der Waals surface area (Å²) in [6.07, 6.45) is -3.79. The third-order valence-corrected chi connectivity index (χ3v) is 6.63. The molecule has 1 unspecified atom stereocenters. The SMILES string of the molecule is O=C(O[C@@H]1[C@H](OC(=O)c2ccccc2)[C@H]2[C@H]3O[C@@H]1COS(=O)(=O)N23)c1ccccc1. The summed E-state index contributed by atoms with van der Waals surface area (Å²) >= 11 is 0. The molecule has 3 aliphatic rings. The van der Waals surface area contributed by atoms with Gasteiger partial charge in [0.05, 0.1) is 17.7 Å².